The van der Waals surface area contributed by atoms with Crippen molar-refractivity contribution in [3.63, 3.8) is 0 Å². The summed E-state index contributed by atoms with van der Waals surface area (Å²) < 4.78 is 98.1. The summed E-state index contributed by atoms with van der Waals surface area (Å²) in [6, 6.07) is 4.30. The van der Waals surface area contributed by atoms with Crippen LogP contribution < -0.4 is 4.74 Å². The molecule has 0 spiro atoms. The zero-order valence-electron chi connectivity index (χ0n) is 21.7. The Balaban J connectivity index is 1.46. The van der Waals surface area contributed by atoms with Crippen LogP contribution in [0.1, 0.15) is 76.7 Å². The molecule has 0 unspecified atom stereocenters. The largest absolute Gasteiger partial charge is 0.428 e. The third-order valence-corrected chi connectivity index (χ3v) is 7.83. The topological polar surface area (TPSA) is 18.5 Å². The molecule has 0 heterocycles. The van der Waals surface area contributed by atoms with Gasteiger partial charge in [-0.1, -0.05) is 31.2 Å². The molecule has 2 aliphatic rings. The summed E-state index contributed by atoms with van der Waals surface area (Å²) in [5.74, 6) is -5.98. The average Bonchev–Trinajstić information content (AvgIpc) is 2.89. The van der Waals surface area contributed by atoms with E-state index in [9.17, 15) is 17.6 Å². The number of alkyl halides is 2. The second kappa shape index (κ2) is 12.1. The van der Waals surface area contributed by atoms with E-state index in [2.05, 4.69) is 17.7 Å². The summed E-state index contributed by atoms with van der Waals surface area (Å²) in [6.45, 7) is 2.92. The summed E-state index contributed by atoms with van der Waals surface area (Å²) in [7, 11) is 0. The molecule has 2 aliphatic carbocycles. The van der Waals surface area contributed by atoms with Crippen LogP contribution in [0.2, 0.25) is 0 Å². The van der Waals surface area contributed by atoms with Crippen LogP contribution in [0.25, 0.3) is 11.1 Å². The van der Waals surface area contributed by atoms with Gasteiger partial charge in [0.05, 0.1) is 6.10 Å². The molecule has 2 aromatic carbocycles. The average molecular weight is 541 g/mol. The van der Waals surface area contributed by atoms with Gasteiger partial charge in [0.1, 0.15) is 0 Å². The number of rotatable bonds is 8. The van der Waals surface area contributed by atoms with Gasteiger partial charge in [-0.05, 0) is 93.7 Å². The van der Waals surface area contributed by atoms with Crippen LogP contribution in [-0.4, -0.2) is 18.8 Å². The van der Waals surface area contributed by atoms with Crippen molar-refractivity contribution in [1.82, 2.24) is 0 Å². The Morgan fingerprint density at radius 2 is 1.39 bits per heavy atom. The highest BCUT2D eigenvalue weighted by molar-refractivity contribution is 5.66. The van der Waals surface area contributed by atoms with Gasteiger partial charge in [0, 0.05) is 11.1 Å². The second-order valence-electron chi connectivity index (χ2n) is 10.6. The molecule has 0 radical (unpaired) electrons. The quantitative estimate of drug-likeness (QED) is 0.245. The minimum atomic E-state index is -3.90. The molecule has 0 saturated heterocycles. The maximum Gasteiger partial charge on any atom is 0.422 e. The van der Waals surface area contributed by atoms with E-state index < -0.39 is 52.9 Å². The van der Waals surface area contributed by atoms with Crippen molar-refractivity contribution < 1.29 is 35.8 Å². The van der Waals surface area contributed by atoms with Crippen LogP contribution in [0.5, 0.6) is 5.75 Å². The summed E-state index contributed by atoms with van der Waals surface area (Å²) in [4.78, 5) is 0. The van der Waals surface area contributed by atoms with Crippen molar-refractivity contribution in [1.29, 1.82) is 0 Å². The lowest BCUT2D eigenvalue weighted by Gasteiger charge is -2.28. The first-order chi connectivity index (χ1) is 18.1. The Morgan fingerprint density at radius 3 is 2.03 bits per heavy atom. The van der Waals surface area contributed by atoms with E-state index in [1.807, 2.05) is 13.0 Å². The highest BCUT2D eigenvalue weighted by Crippen LogP contribution is 2.40. The Kier molecular flexibility index (Phi) is 9.11. The lowest BCUT2D eigenvalue weighted by atomic mass is 9.78. The molecule has 0 aromatic heterocycles. The number of benzene rings is 2. The fraction of sp³-hybridized carbons (Fsp3) is 0.533. The smallest absolute Gasteiger partial charge is 0.422 e. The van der Waals surface area contributed by atoms with Gasteiger partial charge < -0.3 is 9.47 Å². The first kappa shape index (κ1) is 28.5. The highest BCUT2D eigenvalue weighted by atomic mass is 19.3. The summed E-state index contributed by atoms with van der Waals surface area (Å²) in [5.41, 5.74) is -0.859. The van der Waals surface area contributed by atoms with Gasteiger partial charge in [-0.3, -0.25) is 0 Å². The first-order valence-electron chi connectivity index (χ1n) is 13.4. The van der Waals surface area contributed by atoms with Crippen molar-refractivity contribution in [2.45, 2.75) is 83.3 Å². The molecule has 2 fully saturated rings. The molecule has 0 aliphatic heterocycles. The van der Waals surface area contributed by atoms with Crippen LogP contribution >= 0.6 is 0 Å². The van der Waals surface area contributed by atoms with Crippen molar-refractivity contribution in [2.75, 3.05) is 6.61 Å². The molecule has 0 N–H and O–H groups in total. The lowest BCUT2D eigenvalue weighted by molar-refractivity contribution is -0.223. The number of hydrogen-bond donors (Lipinski definition) is 0. The monoisotopic (exact) mass is 540 g/mol. The predicted octanol–water partition coefficient (Wildman–Crippen LogP) is 9.33. The number of halogens is 6. The summed E-state index contributed by atoms with van der Waals surface area (Å²) in [6.07, 6.45) is 5.98. The number of allylic oxidation sites excluding steroid dienone is 2. The Morgan fingerprint density at radius 1 is 0.789 bits per heavy atom. The normalized spacial score (nSPS) is 24.6. The Labute approximate surface area is 220 Å². The van der Waals surface area contributed by atoms with E-state index in [-0.39, 0.29) is 17.6 Å². The van der Waals surface area contributed by atoms with E-state index in [4.69, 9.17) is 4.74 Å². The van der Waals surface area contributed by atoms with Gasteiger partial charge >= 0.3 is 6.11 Å². The molecular formula is C30H34F6O2. The molecule has 4 rings (SSSR count). The predicted molar refractivity (Wildman–Crippen MR) is 134 cm³/mol. The van der Waals surface area contributed by atoms with Crippen molar-refractivity contribution in [3.05, 3.63) is 65.2 Å². The third kappa shape index (κ3) is 6.56. The molecule has 0 amide bonds. The van der Waals surface area contributed by atoms with E-state index >= 15 is 8.78 Å². The molecule has 8 heteroatoms. The van der Waals surface area contributed by atoms with Crippen molar-refractivity contribution >= 4 is 0 Å². The lowest BCUT2D eigenvalue weighted by Crippen LogP contribution is -2.34. The van der Waals surface area contributed by atoms with Crippen LogP contribution in [0.3, 0.4) is 0 Å². The molecule has 38 heavy (non-hydrogen) atoms. The summed E-state index contributed by atoms with van der Waals surface area (Å²) in [5, 5.41) is 0. The fourth-order valence-electron chi connectivity index (χ4n) is 5.60. The zero-order valence-corrected chi connectivity index (χ0v) is 21.7. The van der Waals surface area contributed by atoms with E-state index in [1.165, 1.54) is 12.1 Å². The zero-order chi connectivity index (χ0) is 27.4. The number of hydrogen-bond acceptors (Lipinski definition) is 2. The summed E-state index contributed by atoms with van der Waals surface area (Å²) >= 11 is 0. The maximum absolute atomic E-state index is 15.0. The van der Waals surface area contributed by atoms with E-state index in [0.29, 0.717) is 37.5 Å². The maximum atomic E-state index is 15.0. The molecule has 2 saturated carbocycles. The van der Waals surface area contributed by atoms with Gasteiger partial charge in [0.25, 0.3) is 0 Å². The minimum Gasteiger partial charge on any atom is -0.428 e. The Hall–Kier alpha value is -2.48. The number of ether oxygens (including phenoxy) is 2. The fourth-order valence-corrected chi connectivity index (χ4v) is 5.60. The van der Waals surface area contributed by atoms with Crippen LogP contribution in [-0.2, 0) is 4.74 Å². The molecular weight excluding hydrogens is 506 g/mol. The van der Waals surface area contributed by atoms with Gasteiger partial charge in [-0.15, -0.1) is 0 Å². The molecule has 2 nitrogen and oxygen atoms in total. The second-order valence-corrected chi connectivity index (χ2v) is 10.6. The molecule has 0 atom stereocenters. The SMILES string of the molecule is C/C=C/C1CCC(c2ccc(-c3ccc(OC(F)(F)COC4CCC(C)CC4)c(F)c3F)c(F)c2F)CC1. The van der Waals surface area contributed by atoms with Crippen LogP contribution in [0.15, 0.2) is 36.4 Å². The minimum absolute atomic E-state index is 0.168. The Bertz CT molecular complexity index is 1130. The van der Waals surface area contributed by atoms with Crippen molar-refractivity contribution in [2.24, 2.45) is 11.8 Å². The van der Waals surface area contributed by atoms with Gasteiger partial charge in [-0.25, -0.2) is 13.2 Å². The van der Waals surface area contributed by atoms with E-state index in [0.717, 1.165) is 37.8 Å². The third-order valence-electron chi connectivity index (χ3n) is 7.83. The van der Waals surface area contributed by atoms with Crippen LogP contribution in [0.4, 0.5) is 26.3 Å². The highest BCUT2D eigenvalue weighted by Gasteiger charge is 2.36. The molecule has 2 aromatic rings. The van der Waals surface area contributed by atoms with Crippen molar-refractivity contribution in [3.8, 4) is 16.9 Å². The van der Waals surface area contributed by atoms with Gasteiger partial charge in [-0.2, -0.15) is 13.2 Å². The standard InChI is InChI=1S/C30H34F6O2/c1-3-4-19-7-9-20(10-8-19)22-13-14-23(27(32)26(22)31)24-15-16-25(29(34)28(24)33)38-30(35,36)17-37-21-11-5-18(2)6-12-21/h3-4,13-16,18-21H,5-12,17H2,1-2H3/b4-3+. The van der Waals surface area contributed by atoms with E-state index in [1.54, 1.807) is 0 Å². The van der Waals surface area contributed by atoms with Gasteiger partial charge in [0.2, 0.25) is 5.82 Å². The van der Waals surface area contributed by atoms with Crippen LogP contribution in [0, 0.1) is 35.1 Å². The molecule has 208 valence electrons. The first-order valence-corrected chi connectivity index (χ1v) is 13.4. The molecule has 0 bridgehead atoms. The van der Waals surface area contributed by atoms with Gasteiger partial charge in [0.15, 0.2) is 29.8 Å².